The fraction of sp³-hybridized carbons (Fsp3) is 0.333. The molecule has 1 N–H and O–H groups in total. The highest BCUT2D eigenvalue weighted by Gasteiger charge is 2.14. The minimum atomic E-state index is 0.849. The lowest BCUT2D eigenvalue weighted by Gasteiger charge is -2.17. The van der Waals surface area contributed by atoms with Crippen LogP contribution in [-0.2, 0) is 6.42 Å². The van der Waals surface area contributed by atoms with Crippen molar-refractivity contribution in [3.63, 3.8) is 0 Å². The van der Waals surface area contributed by atoms with E-state index >= 15 is 0 Å². The summed E-state index contributed by atoms with van der Waals surface area (Å²) in [6.07, 6.45) is 4.12. The van der Waals surface area contributed by atoms with Gasteiger partial charge in [0.15, 0.2) is 0 Å². The number of nitrogens with one attached hydrogen (secondary N) is 1. The van der Waals surface area contributed by atoms with Crippen LogP contribution in [0.2, 0.25) is 0 Å². The summed E-state index contributed by atoms with van der Waals surface area (Å²) in [6.45, 7) is 6.28. The lowest BCUT2D eigenvalue weighted by atomic mass is 9.97. The van der Waals surface area contributed by atoms with Crippen LogP contribution in [0.4, 0.5) is 0 Å². The highest BCUT2D eigenvalue weighted by atomic mass is 15.1. The molecule has 0 atom stereocenters. The van der Waals surface area contributed by atoms with E-state index in [-0.39, 0.29) is 0 Å². The topological polar surface area (TPSA) is 37.8 Å². The van der Waals surface area contributed by atoms with Crippen LogP contribution in [0.25, 0.3) is 5.57 Å². The maximum absolute atomic E-state index is 4.51. The zero-order valence-electron chi connectivity index (χ0n) is 12.7. The fourth-order valence-corrected chi connectivity index (χ4v) is 2.75. The van der Waals surface area contributed by atoms with Gasteiger partial charge in [-0.25, -0.2) is 0 Å². The van der Waals surface area contributed by atoms with Crippen LogP contribution in [-0.4, -0.2) is 23.3 Å². The molecule has 1 aromatic carbocycles. The molecule has 0 aliphatic carbocycles. The number of hydrogen-bond acceptors (Lipinski definition) is 3. The zero-order chi connectivity index (χ0) is 14.7. The van der Waals surface area contributed by atoms with Gasteiger partial charge in [-0.1, -0.05) is 36.4 Å². The van der Waals surface area contributed by atoms with E-state index in [1.807, 2.05) is 6.07 Å². The first-order valence-electron chi connectivity index (χ1n) is 7.52. The summed E-state index contributed by atoms with van der Waals surface area (Å²) in [6, 6.07) is 10.5. The molecule has 3 rings (SSSR count). The van der Waals surface area contributed by atoms with Crippen LogP contribution >= 0.6 is 0 Å². The number of aromatic nitrogens is 2. The minimum Gasteiger partial charge on any atom is -0.313 e. The summed E-state index contributed by atoms with van der Waals surface area (Å²) >= 11 is 0. The van der Waals surface area contributed by atoms with Gasteiger partial charge >= 0.3 is 0 Å². The normalized spacial score (nSPS) is 14.9. The van der Waals surface area contributed by atoms with Crippen molar-refractivity contribution in [1.29, 1.82) is 0 Å². The average molecular weight is 279 g/mol. The predicted molar refractivity (Wildman–Crippen MR) is 86.2 cm³/mol. The Morgan fingerprint density at radius 2 is 1.86 bits per heavy atom. The molecule has 3 nitrogen and oxygen atoms in total. The van der Waals surface area contributed by atoms with Gasteiger partial charge in [-0.05, 0) is 49.1 Å². The van der Waals surface area contributed by atoms with Crippen LogP contribution in [0.15, 0.2) is 36.4 Å². The molecule has 1 aliphatic rings. The van der Waals surface area contributed by atoms with Gasteiger partial charge in [-0.15, -0.1) is 0 Å². The number of nitrogens with zero attached hydrogens (tertiary/aromatic N) is 2. The number of hydrogen-bond donors (Lipinski definition) is 1. The highest BCUT2D eigenvalue weighted by molar-refractivity contribution is 5.66. The van der Waals surface area contributed by atoms with E-state index in [0.717, 1.165) is 37.3 Å². The lowest BCUT2D eigenvalue weighted by molar-refractivity contribution is 0.733. The summed E-state index contributed by atoms with van der Waals surface area (Å²) in [5, 5.41) is 12.3. The first kappa shape index (κ1) is 14.0. The summed E-state index contributed by atoms with van der Waals surface area (Å²) in [5.41, 5.74) is 7.30. The lowest BCUT2D eigenvalue weighted by Crippen LogP contribution is -2.21. The molecular formula is C18H21N3. The fourth-order valence-electron chi connectivity index (χ4n) is 2.75. The smallest absolute Gasteiger partial charge is 0.0919 e. The molecule has 0 unspecified atom stereocenters. The molecule has 0 saturated carbocycles. The largest absolute Gasteiger partial charge is 0.313 e. The van der Waals surface area contributed by atoms with Crippen molar-refractivity contribution in [2.45, 2.75) is 26.7 Å². The van der Waals surface area contributed by atoms with E-state index in [0.29, 0.717) is 0 Å². The van der Waals surface area contributed by atoms with Crippen LogP contribution in [0, 0.1) is 13.8 Å². The molecule has 0 spiro atoms. The second kappa shape index (κ2) is 6.19. The second-order valence-electron chi connectivity index (χ2n) is 5.59. The Morgan fingerprint density at radius 3 is 2.57 bits per heavy atom. The summed E-state index contributed by atoms with van der Waals surface area (Å²) < 4.78 is 0. The average Bonchev–Trinajstić information content (AvgIpc) is 2.54. The Balaban J connectivity index is 1.91. The van der Waals surface area contributed by atoms with Crippen molar-refractivity contribution in [2.75, 3.05) is 13.1 Å². The van der Waals surface area contributed by atoms with Crippen LogP contribution in [0.3, 0.4) is 0 Å². The molecule has 0 saturated heterocycles. The Bertz CT molecular complexity index is 660. The molecule has 108 valence electrons. The van der Waals surface area contributed by atoms with Gasteiger partial charge in [0.2, 0.25) is 0 Å². The molecule has 2 aromatic rings. The van der Waals surface area contributed by atoms with E-state index in [9.17, 15) is 0 Å². The second-order valence-corrected chi connectivity index (χ2v) is 5.59. The quantitative estimate of drug-likeness (QED) is 0.938. The van der Waals surface area contributed by atoms with Crippen LogP contribution in [0.1, 0.15) is 34.5 Å². The SMILES string of the molecule is Cc1c(Cc2ccccc2)nnc(C2=CCNCC2)c1C. The maximum Gasteiger partial charge on any atom is 0.0919 e. The van der Waals surface area contributed by atoms with Gasteiger partial charge in [0.1, 0.15) is 0 Å². The third kappa shape index (κ3) is 3.03. The number of rotatable bonds is 3. The maximum atomic E-state index is 4.51. The van der Waals surface area contributed by atoms with E-state index in [1.165, 1.54) is 22.3 Å². The highest BCUT2D eigenvalue weighted by Crippen LogP contribution is 2.24. The third-order valence-electron chi connectivity index (χ3n) is 4.20. The molecule has 0 radical (unpaired) electrons. The van der Waals surface area contributed by atoms with Gasteiger partial charge in [0, 0.05) is 13.0 Å². The van der Waals surface area contributed by atoms with Crippen LogP contribution in [0.5, 0.6) is 0 Å². The molecule has 0 bridgehead atoms. The summed E-state index contributed by atoms with van der Waals surface area (Å²) in [7, 11) is 0. The van der Waals surface area contributed by atoms with E-state index in [4.69, 9.17) is 0 Å². The van der Waals surface area contributed by atoms with Crippen molar-refractivity contribution in [3.8, 4) is 0 Å². The standard InChI is InChI=1S/C18H21N3/c1-13-14(2)18(16-8-10-19-11-9-16)21-20-17(13)12-15-6-4-3-5-7-15/h3-8,19H,9-12H2,1-2H3. The van der Waals surface area contributed by atoms with Crippen LogP contribution < -0.4 is 5.32 Å². The van der Waals surface area contributed by atoms with Gasteiger partial charge in [0.25, 0.3) is 0 Å². The molecule has 1 aliphatic heterocycles. The van der Waals surface area contributed by atoms with Gasteiger partial charge in [0.05, 0.1) is 11.4 Å². The Kier molecular flexibility index (Phi) is 4.11. The molecule has 2 heterocycles. The first-order chi connectivity index (χ1) is 10.3. The first-order valence-corrected chi connectivity index (χ1v) is 7.52. The molecule has 0 amide bonds. The molecular weight excluding hydrogens is 258 g/mol. The van der Waals surface area contributed by atoms with Gasteiger partial charge in [-0.2, -0.15) is 10.2 Å². The van der Waals surface area contributed by atoms with E-state index < -0.39 is 0 Å². The molecule has 3 heteroatoms. The Morgan fingerprint density at radius 1 is 1.05 bits per heavy atom. The third-order valence-corrected chi connectivity index (χ3v) is 4.20. The Labute approximate surface area is 126 Å². The van der Waals surface area contributed by atoms with Crippen molar-refractivity contribution in [1.82, 2.24) is 15.5 Å². The van der Waals surface area contributed by atoms with Crippen molar-refractivity contribution >= 4 is 5.57 Å². The monoisotopic (exact) mass is 279 g/mol. The zero-order valence-corrected chi connectivity index (χ0v) is 12.7. The summed E-state index contributed by atoms with van der Waals surface area (Å²) in [5.74, 6) is 0. The minimum absolute atomic E-state index is 0.849. The van der Waals surface area contributed by atoms with E-state index in [1.54, 1.807) is 0 Å². The van der Waals surface area contributed by atoms with Crippen molar-refractivity contribution in [2.24, 2.45) is 0 Å². The predicted octanol–water partition coefficient (Wildman–Crippen LogP) is 3.06. The summed E-state index contributed by atoms with van der Waals surface area (Å²) in [4.78, 5) is 0. The molecule has 1 aromatic heterocycles. The molecule has 0 fully saturated rings. The van der Waals surface area contributed by atoms with E-state index in [2.05, 4.69) is 59.7 Å². The Hall–Kier alpha value is -2.00. The van der Waals surface area contributed by atoms with Gasteiger partial charge < -0.3 is 5.32 Å². The van der Waals surface area contributed by atoms with Crippen molar-refractivity contribution < 1.29 is 0 Å². The van der Waals surface area contributed by atoms with Gasteiger partial charge in [-0.3, -0.25) is 0 Å². The van der Waals surface area contributed by atoms with Crippen molar-refractivity contribution in [3.05, 3.63) is 64.5 Å². The number of benzene rings is 1. The molecule has 21 heavy (non-hydrogen) atoms.